The summed E-state index contributed by atoms with van der Waals surface area (Å²) in [6, 6.07) is 7.86. The summed E-state index contributed by atoms with van der Waals surface area (Å²) in [5.74, 6) is 0.531. The maximum Gasteiger partial charge on any atom is 0.246 e. The lowest BCUT2D eigenvalue weighted by Gasteiger charge is -2.34. The van der Waals surface area contributed by atoms with Crippen LogP contribution >= 0.6 is 0 Å². The van der Waals surface area contributed by atoms with Crippen LogP contribution in [0.5, 0.6) is 0 Å². The second-order valence-corrected chi connectivity index (χ2v) is 6.38. The van der Waals surface area contributed by atoms with Crippen molar-refractivity contribution in [1.29, 1.82) is 0 Å². The highest BCUT2D eigenvalue weighted by Gasteiger charge is 2.34. The van der Waals surface area contributed by atoms with E-state index < -0.39 is 6.04 Å². The number of rotatable bonds is 4. The summed E-state index contributed by atoms with van der Waals surface area (Å²) in [6.45, 7) is 8.84. The summed E-state index contributed by atoms with van der Waals surface area (Å²) in [5.41, 5.74) is 2.34. The molecule has 0 aliphatic carbocycles. The van der Waals surface area contributed by atoms with Crippen LogP contribution in [-0.4, -0.2) is 29.3 Å². The Bertz CT molecular complexity index is 520. The lowest BCUT2D eigenvalue weighted by Crippen LogP contribution is -2.59. The first-order chi connectivity index (χ1) is 9.88. The van der Waals surface area contributed by atoms with Gasteiger partial charge in [0.25, 0.3) is 0 Å². The molecule has 1 aliphatic heterocycles. The van der Waals surface area contributed by atoms with Gasteiger partial charge in [-0.2, -0.15) is 0 Å². The molecule has 1 unspecified atom stereocenters. The molecule has 1 aromatic rings. The van der Waals surface area contributed by atoms with Crippen molar-refractivity contribution in [3.63, 3.8) is 0 Å². The molecule has 1 saturated heterocycles. The second-order valence-electron chi connectivity index (χ2n) is 6.38. The number of amides is 2. The van der Waals surface area contributed by atoms with Crippen LogP contribution in [0.4, 0.5) is 0 Å². The summed E-state index contributed by atoms with van der Waals surface area (Å²) in [6.07, 6.45) is 0. The minimum Gasteiger partial charge on any atom is -0.343 e. The second kappa shape index (κ2) is 6.29. The monoisotopic (exact) mass is 288 g/mol. The molecule has 1 aromatic carbocycles. The van der Waals surface area contributed by atoms with Crippen molar-refractivity contribution in [3.8, 4) is 0 Å². The molecule has 4 heteroatoms. The maximum atomic E-state index is 12.4. The van der Waals surface area contributed by atoms with Crippen LogP contribution in [0.2, 0.25) is 0 Å². The number of nitrogens with one attached hydrogen (secondary N) is 1. The molecule has 1 heterocycles. The zero-order chi connectivity index (χ0) is 15.6. The number of carbonyl (C=O) groups is 2. The fourth-order valence-corrected chi connectivity index (χ4v) is 2.54. The highest BCUT2D eigenvalue weighted by atomic mass is 16.2. The van der Waals surface area contributed by atoms with Crippen molar-refractivity contribution in [2.75, 3.05) is 6.54 Å². The van der Waals surface area contributed by atoms with Crippen molar-refractivity contribution in [2.24, 2.45) is 5.92 Å². The maximum absolute atomic E-state index is 12.4. The van der Waals surface area contributed by atoms with Crippen molar-refractivity contribution in [3.05, 3.63) is 35.4 Å². The standard InChI is InChI=1S/C17H24N2O2/c1-11(2)14-7-5-13(6-8-14)9-19-10-15(20)18-16(12(3)4)17(19)21/h5-8,11-12,16H,9-10H2,1-4H3,(H,18,20). The lowest BCUT2D eigenvalue weighted by atomic mass is 9.99. The summed E-state index contributed by atoms with van der Waals surface area (Å²) in [5, 5.41) is 2.78. The predicted octanol–water partition coefficient (Wildman–Crippen LogP) is 2.29. The van der Waals surface area contributed by atoms with Gasteiger partial charge >= 0.3 is 0 Å². The van der Waals surface area contributed by atoms with Gasteiger partial charge in [0.1, 0.15) is 6.04 Å². The van der Waals surface area contributed by atoms with Gasteiger partial charge in [0.15, 0.2) is 0 Å². The molecular weight excluding hydrogens is 264 g/mol. The van der Waals surface area contributed by atoms with Crippen LogP contribution in [0, 0.1) is 5.92 Å². The third-order valence-corrected chi connectivity index (χ3v) is 3.92. The summed E-state index contributed by atoms with van der Waals surface area (Å²) < 4.78 is 0. The van der Waals surface area contributed by atoms with Gasteiger partial charge in [0, 0.05) is 6.54 Å². The molecule has 2 rings (SSSR count). The van der Waals surface area contributed by atoms with E-state index in [2.05, 4.69) is 31.3 Å². The summed E-state index contributed by atoms with van der Waals surface area (Å²) in [4.78, 5) is 25.8. The van der Waals surface area contributed by atoms with Crippen LogP contribution in [0.3, 0.4) is 0 Å². The van der Waals surface area contributed by atoms with E-state index in [0.717, 1.165) is 5.56 Å². The summed E-state index contributed by atoms with van der Waals surface area (Å²) in [7, 11) is 0. The van der Waals surface area contributed by atoms with E-state index >= 15 is 0 Å². The van der Waals surface area contributed by atoms with Gasteiger partial charge in [-0.15, -0.1) is 0 Å². The molecule has 0 saturated carbocycles. The predicted molar refractivity (Wildman–Crippen MR) is 82.7 cm³/mol. The number of benzene rings is 1. The van der Waals surface area contributed by atoms with E-state index in [1.807, 2.05) is 26.0 Å². The fraction of sp³-hybridized carbons (Fsp3) is 0.529. The van der Waals surface area contributed by atoms with Gasteiger partial charge < -0.3 is 10.2 Å². The molecular formula is C17H24N2O2. The molecule has 114 valence electrons. The Morgan fingerprint density at radius 3 is 2.29 bits per heavy atom. The average Bonchev–Trinajstić information content (AvgIpc) is 2.42. The Kier molecular flexibility index (Phi) is 4.66. The van der Waals surface area contributed by atoms with Crippen LogP contribution in [0.15, 0.2) is 24.3 Å². The average molecular weight is 288 g/mol. The molecule has 21 heavy (non-hydrogen) atoms. The lowest BCUT2D eigenvalue weighted by molar-refractivity contribution is -0.146. The van der Waals surface area contributed by atoms with E-state index in [-0.39, 0.29) is 24.3 Å². The van der Waals surface area contributed by atoms with E-state index in [4.69, 9.17) is 0 Å². The summed E-state index contributed by atoms with van der Waals surface area (Å²) >= 11 is 0. The van der Waals surface area contributed by atoms with E-state index in [1.165, 1.54) is 5.56 Å². The fourth-order valence-electron chi connectivity index (χ4n) is 2.54. The zero-order valence-corrected chi connectivity index (χ0v) is 13.2. The Labute approximate surface area is 126 Å². The molecule has 0 spiro atoms. The minimum atomic E-state index is -0.402. The zero-order valence-electron chi connectivity index (χ0n) is 13.2. The van der Waals surface area contributed by atoms with Gasteiger partial charge in [-0.1, -0.05) is 52.0 Å². The van der Waals surface area contributed by atoms with Gasteiger partial charge in [-0.05, 0) is 23.0 Å². The van der Waals surface area contributed by atoms with Crippen molar-refractivity contribution < 1.29 is 9.59 Å². The van der Waals surface area contributed by atoms with Gasteiger partial charge in [0.2, 0.25) is 11.8 Å². The third-order valence-electron chi connectivity index (χ3n) is 3.92. The number of hydrogen-bond acceptors (Lipinski definition) is 2. The molecule has 1 fully saturated rings. The van der Waals surface area contributed by atoms with E-state index in [9.17, 15) is 9.59 Å². The normalized spacial score (nSPS) is 19.3. The van der Waals surface area contributed by atoms with Crippen molar-refractivity contribution in [1.82, 2.24) is 10.2 Å². The first-order valence-corrected chi connectivity index (χ1v) is 7.55. The number of nitrogens with zero attached hydrogens (tertiary/aromatic N) is 1. The Morgan fingerprint density at radius 2 is 1.76 bits per heavy atom. The van der Waals surface area contributed by atoms with Crippen LogP contribution in [0.1, 0.15) is 44.7 Å². The Hall–Kier alpha value is -1.84. The third kappa shape index (κ3) is 3.63. The largest absolute Gasteiger partial charge is 0.343 e. The highest BCUT2D eigenvalue weighted by Crippen LogP contribution is 2.17. The quantitative estimate of drug-likeness (QED) is 0.924. The van der Waals surface area contributed by atoms with Gasteiger partial charge in [-0.3, -0.25) is 9.59 Å². The Balaban J connectivity index is 2.10. The minimum absolute atomic E-state index is 0.0116. The van der Waals surface area contributed by atoms with Crippen molar-refractivity contribution >= 4 is 11.8 Å². The molecule has 1 N–H and O–H groups in total. The van der Waals surface area contributed by atoms with Crippen LogP contribution < -0.4 is 5.32 Å². The molecule has 2 amide bonds. The molecule has 4 nitrogen and oxygen atoms in total. The van der Waals surface area contributed by atoms with Crippen molar-refractivity contribution in [2.45, 2.75) is 46.2 Å². The SMILES string of the molecule is CC(C)c1ccc(CN2CC(=O)NC(C(C)C)C2=O)cc1. The smallest absolute Gasteiger partial charge is 0.246 e. The Morgan fingerprint density at radius 1 is 1.14 bits per heavy atom. The molecule has 0 bridgehead atoms. The highest BCUT2D eigenvalue weighted by molar-refractivity contribution is 5.94. The first kappa shape index (κ1) is 15.5. The van der Waals surface area contributed by atoms with E-state index in [1.54, 1.807) is 4.90 Å². The van der Waals surface area contributed by atoms with Crippen LogP contribution in [-0.2, 0) is 16.1 Å². The molecule has 0 aromatic heterocycles. The topological polar surface area (TPSA) is 49.4 Å². The first-order valence-electron chi connectivity index (χ1n) is 7.55. The van der Waals surface area contributed by atoms with Crippen LogP contribution in [0.25, 0.3) is 0 Å². The molecule has 1 aliphatic rings. The molecule has 0 radical (unpaired) electrons. The number of piperazine rings is 1. The van der Waals surface area contributed by atoms with Gasteiger partial charge in [-0.25, -0.2) is 0 Å². The van der Waals surface area contributed by atoms with E-state index in [0.29, 0.717) is 12.5 Å². The van der Waals surface area contributed by atoms with Gasteiger partial charge in [0.05, 0.1) is 6.54 Å². The number of carbonyl (C=O) groups excluding carboxylic acids is 2. The molecule has 1 atom stereocenters. The number of hydrogen-bond donors (Lipinski definition) is 1.